The van der Waals surface area contributed by atoms with Crippen molar-refractivity contribution in [3.8, 4) is 0 Å². The van der Waals surface area contributed by atoms with E-state index in [0.29, 0.717) is 11.4 Å². The van der Waals surface area contributed by atoms with Crippen molar-refractivity contribution in [1.82, 2.24) is 9.80 Å². The summed E-state index contributed by atoms with van der Waals surface area (Å²) in [6.45, 7) is 5.38. The van der Waals surface area contributed by atoms with Crippen LogP contribution in [0.5, 0.6) is 0 Å². The second kappa shape index (κ2) is 13.3. The Labute approximate surface area is 245 Å². The predicted octanol–water partition coefficient (Wildman–Crippen LogP) is 4.57. The van der Waals surface area contributed by atoms with Gasteiger partial charge < -0.3 is 9.80 Å². The van der Waals surface area contributed by atoms with Crippen LogP contribution in [-0.4, -0.2) is 77.3 Å². The number of sulfone groups is 2. The number of rotatable bonds is 11. The van der Waals surface area contributed by atoms with Gasteiger partial charge in [-0.2, -0.15) is 0 Å². The van der Waals surface area contributed by atoms with E-state index in [1.54, 1.807) is 36.4 Å². The Morgan fingerprint density at radius 3 is 1.83 bits per heavy atom. The highest BCUT2D eigenvalue weighted by Gasteiger charge is 2.27. The summed E-state index contributed by atoms with van der Waals surface area (Å²) < 4.78 is 47.3. The molecule has 1 aliphatic heterocycles. The van der Waals surface area contributed by atoms with Gasteiger partial charge in [0, 0.05) is 44.1 Å². The molecule has 0 saturated carbocycles. The standard InChI is InChI=1S/C32H40N2O5S2/c1-4-34(32(35)24-25-10-14-29(15-11-25)40(2,36)37)28-18-21-33(22-19-28)23-20-31(26-8-6-5-7-9-26)27-12-16-30(17-13-27)41(3,38)39/h5-17,28,31H,4,18-24H2,1-3H3. The number of piperidine rings is 1. The van der Waals surface area contributed by atoms with Gasteiger partial charge in [-0.3, -0.25) is 4.79 Å². The third-order valence-corrected chi connectivity index (χ3v) is 10.3. The molecule has 0 spiro atoms. The molecule has 1 saturated heterocycles. The number of hydrogen-bond acceptors (Lipinski definition) is 6. The first-order valence-corrected chi connectivity index (χ1v) is 17.9. The summed E-state index contributed by atoms with van der Waals surface area (Å²) in [7, 11) is -6.51. The van der Waals surface area contributed by atoms with E-state index in [1.165, 1.54) is 18.1 Å². The molecule has 41 heavy (non-hydrogen) atoms. The maximum absolute atomic E-state index is 13.2. The maximum Gasteiger partial charge on any atom is 0.227 e. The summed E-state index contributed by atoms with van der Waals surface area (Å²) in [5.41, 5.74) is 3.13. The van der Waals surface area contributed by atoms with Gasteiger partial charge in [-0.05, 0) is 73.7 Å². The third-order valence-electron chi connectivity index (χ3n) is 8.01. The molecule has 0 bridgehead atoms. The Balaban J connectivity index is 1.35. The van der Waals surface area contributed by atoms with Crippen LogP contribution in [0, 0.1) is 0 Å². The minimum absolute atomic E-state index is 0.0692. The van der Waals surface area contributed by atoms with Crippen LogP contribution in [-0.2, 0) is 30.9 Å². The minimum Gasteiger partial charge on any atom is -0.340 e. The summed E-state index contributed by atoms with van der Waals surface area (Å²) in [4.78, 5) is 18.2. The topological polar surface area (TPSA) is 91.8 Å². The highest BCUT2D eigenvalue weighted by molar-refractivity contribution is 7.91. The van der Waals surface area contributed by atoms with Crippen molar-refractivity contribution in [3.63, 3.8) is 0 Å². The molecule has 1 atom stereocenters. The molecule has 4 rings (SSSR count). The van der Waals surface area contributed by atoms with Gasteiger partial charge in [-0.1, -0.05) is 54.6 Å². The Kier molecular flexibility index (Phi) is 10.0. The van der Waals surface area contributed by atoms with Crippen molar-refractivity contribution in [2.45, 2.75) is 54.4 Å². The normalized spacial score (nSPS) is 15.9. The second-order valence-corrected chi connectivity index (χ2v) is 15.0. The first kappa shape index (κ1) is 30.9. The Bertz CT molecular complexity index is 1510. The number of likely N-dealkylation sites (tertiary alicyclic amines) is 1. The van der Waals surface area contributed by atoms with Crippen LogP contribution < -0.4 is 0 Å². The van der Waals surface area contributed by atoms with Crippen LogP contribution in [0.2, 0.25) is 0 Å². The zero-order chi connectivity index (χ0) is 29.6. The molecule has 7 nitrogen and oxygen atoms in total. The van der Waals surface area contributed by atoms with Gasteiger partial charge in [-0.25, -0.2) is 16.8 Å². The van der Waals surface area contributed by atoms with E-state index in [9.17, 15) is 21.6 Å². The largest absolute Gasteiger partial charge is 0.340 e. The van der Waals surface area contributed by atoms with E-state index in [4.69, 9.17) is 0 Å². The summed E-state index contributed by atoms with van der Waals surface area (Å²) in [5, 5.41) is 0. The Morgan fingerprint density at radius 1 is 0.805 bits per heavy atom. The van der Waals surface area contributed by atoms with Crippen LogP contribution in [0.4, 0.5) is 0 Å². The predicted molar refractivity (Wildman–Crippen MR) is 163 cm³/mol. The van der Waals surface area contributed by atoms with E-state index >= 15 is 0 Å². The zero-order valence-corrected chi connectivity index (χ0v) is 25.7. The van der Waals surface area contributed by atoms with E-state index < -0.39 is 19.7 Å². The average Bonchev–Trinajstić information content (AvgIpc) is 2.94. The van der Waals surface area contributed by atoms with Gasteiger partial charge in [0.2, 0.25) is 5.91 Å². The third kappa shape index (κ3) is 8.27. The van der Waals surface area contributed by atoms with Gasteiger partial charge >= 0.3 is 0 Å². The molecule has 1 unspecified atom stereocenters. The van der Waals surface area contributed by atoms with Gasteiger partial charge in [0.05, 0.1) is 16.2 Å². The molecule has 0 N–H and O–H groups in total. The smallest absolute Gasteiger partial charge is 0.227 e. The van der Waals surface area contributed by atoms with Crippen molar-refractivity contribution in [2.75, 3.05) is 38.7 Å². The lowest BCUT2D eigenvalue weighted by molar-refractivity contribution is -0.133. The van der Waals surface area contributed by atoms with E-state index in [-0.39, 0.29) is 29.2 Å². The van der Waals surface area contributed by atoms with Crippen molar-refractivity contribution >= 4 is 25.6 Å². The Morgan fingerprint density at radius 2 is 1.32 bits per heavy atom. The van der Waals surface area contributed by atoms with Crippen molar-refractivity contribution < 1.29 is 21.6 Å². The molecule has 0 aliphatic carbocycles. The van der Waals surface area contributed by atoms with Crippen LogP contribution in [0.25, 0.3) is 0 Å². The molecule has 0 aromatic heterocycles. The van der Waals surface area contributed by atoms with Crippen molar-refractivity contribution in [3.05, 3.63) is 95.6 Å². The number of nitrogens with zero attached hydrogens (tertiary/aromatic N) is 2. The highest BCUT2D eigenvalue weighted by atomic mass is 32.2. The number of likely N-dealkylation sites (N-methyl/N-ethyl adjacent to an activating group) is 1. The summed E-state index contributed by atoms with van der Waals surface area (Å²) in [6, 6.07) is 24.4. The van der Waals surface area contributed by atoms with Crippen LogP contribution in [0.3, 0.4) is 0 Å². The number of carbonyl (C=O) groups excluding carboxylic acids is 1. The SMILES string of the molecule is CCN(C(=O)Cc1ccc(S(C)(=O)=O)cc1)C1CCN(CCC(c2ccccc2)c2ccc(S(C)(=O)=O)cc2)CC1. The molecule has 3 aromatic carbocycles. The molecule has 0 radical (unpaired) electrons. The highest BCUT2D eigenvalue weighted by Crippen LogP contribution is 2.30. The van der Waals surface area contributed by atoms with Gasteiger partial charge in [0.1, 0.15) is 0 Å². The quantitative estimate of drug-likeness (QED) is 0.322. The lowest BCUT2D eigenvalue weighted by atomic mass is 9.88. The Hall–Kier alpha value is -3.01. The maximum atomic E-state index is 13.2. The van der Waals surface area contributed by atoms with Crippen LogP contribution in [0.15, 0.2) is 88.7 Å². The number of amides is 1. The molecule has 220 valence electrons. The molecule has 1 aliphatic rings. The fourth-order valence-electron chi connectivity index (χ4n) is 5.69. The number of benzene rings is 3. The lowest BCUT2D eigenvalue weighted by Crippen LogP contribution is -2.48. The van der Waals surface area contributed by atoms with Crippen LogP contribution >= 0.6 is 0 Å². The summed E-state index contributed by atoms with van der Waals surface area (Å²) >= 11 is 0. The monoisotopic (exact) mass is 596 g/mol. The summed E-state index contributed by atoms with van der Waals surface area (Å²) in [5.74, 6) is 0.227. The summed E-state index contributed by atoms with van der Waals surface area (Å²) in [6.07, 6.45) is 5.39. The first-order valence-electron chi connectivity index (χ1n) is 14.1. The second-order valence-electron chi connectivity index (χ2n) is 10.9. The molecular formula is C32H40N2O5S2. The minimum atomic E-state index is -3.26. The molecule has 3 aromatic rings. The van der Waals surface area contributed by atoms with E-state index in [1.807, 2.05) is 42.2 Å². The lowest BCUT2D eigenvalue weighted by Gasteiger charge is -2.38. The van der Waals surface area contributed by atoms with Gasteiger partial charge in [-0.15, -0.1) is 0 Å². The fraction of sp³-hybridized carbons (Fsp3) is 0.406. The number of hydrogen-bond donors (Lipinski definition) is 0. The van der Waals surface area contributed by atoms with Crippen molar-refractivity contribution in [2.24, 2.45) is 0 Å². The van der Waals surface area contributed by atoms with Crippen molar-refractivity contribution in [1.29, 1.82) is 0 Å². The zero-order valence-electron chi connectivity index (χ0n) is 24.1. The molecule has 1 amide bonds. The fourth-order valence-corrected chi connectivity index (χ4v) is 6.95. The average molecular weight is 597 g/mol. The molecule has 1 fully saturated rings. The van der Waals surface area contributed by atoms with Gasteiger partial charge in [0.25, 0.3) is 0 Å². The molecule has 9 heteroatoms. The van der Waals surface area contributed by atoms with E-state index in [0.717, 1.165) is 50.0 Å². The number of carbonyl (C=O) groups is 1. The van der Waals surface area contributed by atoms with Crippen LogP contribution in [0.1, 0.15) is 48.8 Å². The first-order chi connectivity index (χ1) is 19.5. The van der Waals surface area contributed by atoms with E-state index in [2.05, 4.69) is 17.0 Å². The van der Waals surface area contributed by atoms with Gasteiger partial charge in [0.15, 0.2) is 19.7 Å². The molecular weight excluding hydrogens is 556 g/mol. The molecule has 1 heterocycles.